The summed E-state index contributed by atoms with van der Waals surface area (Å²) < 4.78 is 34.0. The second kappa shape index (κ2) is 9.62. The van der Waals surface area contributed by atoms with Crippen molar-refractivity contribution < 1.29 is 17.3 Å². The Kier molecular flexibility index (Phi) is 7.81. The Morgan fingerprint density at radius 1 is 1.00 bits per heavy atom. The second-order valence-corrected chi connectivity index (χ2v) is 6.09. The Hall–Kier alpha value is -2.36. The first-order valence-electron chi connectivity index (χ1n) is 6.94. The van der Waals surface area contributed by atoms with Crippen molar-refractivity contribution >= 4 is 10.1 Å². The number of para-hydroxylation sites is 1. The van der Waals surface area contributed by atoms with Crippen LogP contribution in [0.15, 0.2) is 59.5 Å². The minimum absolute atomic E-state index is 0.0227. The highest BCUT2D eigenvalue weighted by molar-refractivity contribution is 7.86. The maximum atomic E-state index is 11.9. The molecule has 0 saturated carbocycles. The first-order valence-corrected chi connectivity index (χ1v) is 8.35. The normalized spacial score (nSPS) is 10.1. The summed E-state index contributed by atoms with van der Waals surface area (Å²) >= 11 is 0. The third-order valence-corrected chi connectivity index (χ3v) is 3.97. The summed E-state index contributed by atoms with van der Waals surface area (Å²) in [7, 11) is -3.71. The molecular weight excluding hydrogens is 314 g/mol. The standard InChI is InChI=1S/C15H16O4S.C2H3N/c1-13-7-9-15(10-8-13)20(16,17)19-12-11-18-14-5-3-2-4-6-14;1-2-3/h2-10H,11-12H2,1H3;1H3. The van der Waals surface area contributed by atoms with Crippen LogP contribution in [0.25, 0.3) is 0 Å². The fourth-order valence-electron chi connectivity index (χ4n) is 1.59. The van der Waals surface area contributed by atoms with E-state index >= 15 is 0 Å². The number of aryl methyl sites for hydroxylation is 1. The zero-order valence-corrected chi connectivity index (χ0v) is 13.9. The van der Waals surface area contributed by atoms with E-state index in [0.717, 1.165) is 5.56 Å². The lowest BCUT2D eigenvalue weighted by Gasteiger charge is -2.07. The third-order valence-electron chi connectivity index (χ3n) is 2.64. The molecule has 0 aliphatic carbocycles. The van der Waals surface area contributed by atoms with Crippen molar-refractivity contribution in [3.8, 4) is 11.8 Å². The van der Waals surface area contributed by atoms with Crippen molar-refractivity contribution in [1.82, 2.24) is 0 Å². The van der Waals surface area contributed by atoms with E-state index in [1.165, 1.54) is 19.1 Å². The van der Waals surface area contributed by atoms with Crippen LogP contribution in [0.5, 0.6) is 5.75 Å². The van der Waals surface area contributed by atoms with E-state index < -0.39 is 10.1 Å². The molecule has 2 aromatic carbocycles. The smallest absolute Gasteiger partial charge is 0.297 e. The van der Waals surface area contributed by atoms with Crippen LogP contribution in [0.4, 0.5) is 0 Å². The molecule has 0 heterocycles. The molecule has 0 amide bonds. The third kappa shape index (κ3) is 6.96. The van der Waals surface area contributed by atoms with Crippen molar-refractivity contribution in [3.05, 3.63) is 60.2 Å². The van der Waals surface area contributed by atoms with Gasteiger partial charge >= 0.3 is 0 Å². The van der Waals surface area contributed by atoms with Gasteiger partial charge in [0.2, 0.25) is 0 Å². The summed E-state index contributed by atoms with van der Waals surface area (Å²) in [6.07, 6.45) is 0. The molecule has 0 unspecified atom stereocenters. The quantitative estimate of drug-likeness (QED) is 0.599. The summed E-state index contributed by atoms with van der Waals surface area (Å²) in [4.78, 5) is 0.155. The van der Waals surface area contributed by atoms with Gasteiger partial charge in [-0.25, -0.2) is 0 Å². The number of hydrogen-bond acceptors (Lipinski definition) is 5. The molecule has 0 spiro atoms. The van der Waals surface area contributed by atoms with Crippen LogP contribution in [0.1, 0.15) is 12.5 Å². The number of benzene rings is 2. The predicted molar refractivity (Wildman–Crippen MR) is 87.5 cm³/mol. The first kappa shape index (κ1) is 18.7. The zero-order valence-electron chi connectivity index (χ0n) is 13.1. The monoisotopic (exact) mass is 333 g/mol. The van der Waals surface area contributed by atoms with Crippen molar-refractivity contribution in [3.63, 3.8) is 0 Å². The van der Waals surface area contributed by atoms with Crippen molar-refractivity contribution in [1.29, 1.82) is 5.26 Å². The topological polar surface area (TPSA) is 76.4 Å². The van der Waals surface area contributed by atoms with Crippen LogP contribution in [-0.4, -0.2) is 21.6 Å². The van der Waals surface area contributed by atoms with Crippen molar-refractivity contribution in [2.45, 2.75) is 18.7 Å². The van der Waals surface area contributed by atoms with Gasteiger partial charge in [-0.1, -0.05) is 35.9 Å². The number of hydrogen-bond donors (Lipinski definition) is 0. The molecule has 5 nitrogen and oxygen atoms in total. The molecule has 122 valence electrons. The molecule has 2 aromatic rings. The van der Waals surface area contributed by atoms with Crippen LogP contribution in [0.2, 0.25) is 0 Å². The van der Waals surface area contributed by atoms with E-state index in [2.05, 4.69) is 0 Å². The SMILES string of the molecule is CC#N.Cc1ccc(S(=O)(=O)OCCOc2ccccc2)cc1. The van der Waals surface area contributed by atoms with Gasteiger partial charge in [-0.3, -0.25) is 4.18 Å². The van der Waals surface area contributed by atoms with Crippen molar-refractivity contribution in [2.75, 3.05) is 13.2 Å². The Balaban J connectivity index is 0.000000816. The van der Waals surface area contributed by atoms with Gasteiger partial charge < -0.3 is 4.74 Å². The molecule has 0 N–H and O–H groups in total. The Bertz CT molecular complexity index is 719. The van der Waals surface area contributed by atoms with E-state index in [9.17, 15) is 8.42 Å². The van der Waals surface area contributed by atoms with Crippen molar-refractivity contribution in [2.24, 2.45) is 0 Å². The van der Waals surface area contributed by atoms with Crippen LogP contribution in [0, 0.1) is 18.3 Å². The highest BCUT2D eigenvalue weighted by Crippen LogP contribution is 2.13. The van der Waals surface area contributed by atoms with Crippen LogP contribution in [0.3, 0.4) is 0 Å². The Labute approximate surface area is 137 Å². The van der Waals surface area contributed by atoms with Gasteiger partial charge in [-0.2, -0.15) is 13.7 Å². The van der Waals surface area contributed by atoms with Gasteiger partial charge in [0.25, 0.3) is 10.1 Å². The highest BCUT2D eigenvalue weighted by Gasteiger charge is 2.14. The fraction of sp³-hybridized carbons (Fsp3) is 0.235. The molecule has 23 heavy (non-hydrogen) atoms. The van der Waals surface area contributed by atoms with Gasteiger partial charge in [-0.05, 0) is 31.2 Å². The van der Waals surface area contributed by atoms with Crippen LogP contribution >= 0.6 is 0 Å². The lowest BCUT2D eigenvalue weighted by atomic mass is 10.2. The maximum absolute atomic E-state index is 11.9. The van der Waals surface area contributed by atoms with Gasteiger partial charge in [0, 0.05) is 6.92 Å². The average Bonchev–Trinajstić information content (AvgIpc) is 2.54. The Morgan fingerprint density at radius 3 is 2.13 bits per heavy atom. The molecule has 0 radical (unpaired) electrons. The molecule has 0 fully saturated rings. The van der Waals surface area contributed by atoms with E-state index in [0.29, 0.717) is 5.75 Å². The number of nitrogens with zero attached hydrogens (tertiary/aromatic N) is 1. The largest absolute Gasteiger partial charge is 0.491 e. The molecule has 6 heteroatoms. The molecule has 0 aliphatic rings. The molecule has 2 rings (SSSR count). The summed E-state index contributed by atoms with van der Waals surface area (Å²) in [6.45, 7) is 3.48. The van der Waals surface area contributed by atoms with E-state index in [-0.39, 0.29) is 18.1 Å². The maximum Gasteiger partial charge on any atom is 0.297 e. The van der Waals surface area contributed by atoms with Crippen LogP contribution in [-0.2, 0) is 14.3 Å². The molecule has 0 aliphatic heterocycles. The molecule has 0 atom stereocenters. The van der Waals surface area contributed by atoms with Gasteiger partial charge in [-0.15, -0.1) is 0 Å². The zero-order chi connectivity index (χ0) is 17.1. The van der Waals surface area contributed by atoms with E-state index in [1.807, 2.05) is 25.1 Å². The Morgan fingerprint density at radius 2 is 1.57 bits per heavy atom. The predicted octanol–water partition coefficient (Wildman–Crippen LogP) is 3.31. The average molecular weight is 333 g/mol. The highest BCUT2D eigenvalue weighted by atomic mass is 32.2. The summed E-state index contributed by atoms with van der Waals surface area (Å²) in [5.41, 5.74) is 0.997. The minimum Gasteiger partial charge on any atom is -0.491 e. The molecule has 0 aromatic heterocycles. The second-order valence-electron chi connectivity index (χ2n) is 4.47. The fourth-order valence-corrected chi connectivity index (χ4v) is 2.49. The molecular formula is C17H19NO4S. The minimum atomic E-state index is -3.71. The first-order chi connectivity index (χ1) is 11.0. The van der Waals surface area contributed by atoms with Gasteiger partial charge in [0.05, 0.1) is 11.0 Å². The lowest BCUT2D eigenvalue weighted by Crippen LogP contribution is -2.13. The summed E-state index contributed by atoms with van der Waals surface area (Å²) in [6, 6.07) is 17.4. The summed E-state index contributed by atoms with van der Waals surface area (Å²) in [5.74, 6) is 0.684. The van der Waals surface area contributed by atoms with Crippen LogP contribution < -0.4 is 4.74 Å². The van der Waals surface area contributed by atoms with Gasteiger partial charge in [0.1, 0.15) is 19.0 Å². The van der Waals surface area contributed by atoms with E-state index in [4.69, 9.17) is 14.2 Å². The number of ether oxygens (including phenoxy) is 1. The molecule has 0 bridgehead atoms. The number of nitriles is 1. The molecule has 0 saturated heterocycles. The summed E-state index contributed by atoms with van der Waals surface area (Å²) in [5, 5.41) is 7.32. The van der Waals surface area contributed by atoms with E-state index in [1.54, 1.807) is 30.3 Å². The lowest BCUT2D eigenvalue weighted by molar-refractivity contribution is 0.221. The number of rotatable bonds is 6. The van der Waals surface area contributed by atoms with Gasteiger partial charge in [0.15, 0.2) is 0 Å².